The molecule has 0 saturated carbocycles. The smallest absolute Gasteiger partial charge is 0.313 e. The summed E-state index contributed by atoms with van der Waals surface area (Å²) in [6.07, 6.45) is 0. The van der Waals surface area contributed by atoms with Gasteiger partial charge >= 0.3 is 11.8 Å². The fraction of sp³-hybridized carbons (Fsp3) is 0.250. The van der Waals surface area contributed by atoms with Crippen molar-refractivity contribution >= 4 is 34.7 Å². The fourth-order valence-corrected chi connectivity index (χ4v) is 1.33. The van der Waals surface area contributed by atoms with E-state index in [1.807, 2.05) is 19.9 Å². The predicted octanol–water partition coefficient (Wildman–Crippen LogP) is 0.644. The van der Waals surface area contributed by atoms with Gasteiger partial charge < -0.3 is 16.4 Å². The lowest BCUT2D eigenvalue weighted by Gasteiger charge is -2.07. The molecule has 0 unspecified atom stereocenters. The molecule has 96 valence electrons. The summed E-state index contributed by atoms with van der Waals surface area (Å²) < 4.78 is 0. The van der Waals surface area contributed by atoms with Crippen LogP contribution in [0.4, 0.5) is 5.69 Å². The average molecular weight is 265 g/mol. The quantitative estimate of drug-likeness (QED) is 0.553. The minimum atomic E-state index is -0.763. The summed E-state index contributed by atoms with van der Waals surface area (Å²) in [5.74, 6) is -1.50. The maximum absolute atomic E-state index is 11.5. The Morgan fingerprint density at radius 2 is 1.89 bits per heavy atom. The maximum atomic E-state index is 11.5. The molecule has 18 heavy (non-hydrogen) atoms. The lowest BCUT2D eigenvalue weighted by Crippen LogP contribution is -2.39. The molecular weight excluding hydrogens is 250 g/mol. The van der Waals surface area contributed by atoms with Crippen LogP contribution in [0.2, 0.25) is 0 Å². The Hall–Kier alpha value is -1.95. The normalized spacial score (nSPS) is 9.67. The molecule has 0 bridgehead atoms. The molecule has 0 fully saturated rings. The Labute approximate surface area is 111 Å². The zero-order chi connectivity index (χ0) is 13.7. The van der Waals surface area contributed by atoms with Crippen LogP contribution in [-0.4, -0.2) is 23.3 Å². The molecule has 0 spiro atoms. The molecule has 0 radical (unpaired) electrons. The predicted molar refractivity (Wildman–Crippen MR) is 74.3 cm³/mol. The van der Waals surface area contributed by atoms with E-state index in [1.165, 1.54) is 0 Å². The number of hydrogen-bond donors (Lipinski definition) is 3. The summed E-state index contributed by atoms with van der Waals surface area (Å²) >= 11 is 4.59. The van der Waals surface area contributed by atoms with Crippen molar-refractivity contribution in [3.63, 3.8) is 0 Å². The first-order valence-corrected chi connectivity index (χ1v) is 5.75. The first-order chi connectivity index (χ1) is 8.40. The summed E-state index contributed by atoms with van der Waals surface area (Å²) in [6, 6.07) is 5.41. The number of hydrogen-bond acceptors (Lipinski definition) is 3. The van der Waals surface area contributed by atoms with Gasteiger partial charge in [0.05, 0.1) is 11.5 Å². The van der Waals surface area contributed by atoms with E-state index in [0.29, 0.717) is 5.69 Å². The van der Waals surface area contributed by atoms with Gasteiger partial charge in [-0.2, -0.15) is 0 Å². The molecule has 5 nitrogen and oxygen atoms in total. The van der Waals surface area contributed by atoms with Crippen LogP contribution in [0.5, 0.6) is 0 Å². The first kappa shape index (κ1) is 14.1. The van der Waals surface area contributed by atoms with Crippen molar-refractivity contribution in [2.24, 2.45) is 5.73 Å². The molecular formula is C12H15N3O2S. The van der Waals surface area contributed by atoms with Gasteiger partial charge in [0.2, 0.25) is 0 Å². The van der Waals surface area contributed by atoms with Crippen LogP contribution < -0.4 is 16.4 Å². The van der Waals surface area contributed by atoms with Gasteiger partial charge in [0, 0.05) is 5.69 Å². The van der Waals surface area contributed by atoms with Crippen molar-refractivity contribution in [3.8, 4) is 0 Å². The van der Waals surface area contributed by atoms with Gasteiger partial charge in [-0.05, 0) is 37.1 Å². The summed E-state index contributed by atoms with van der Waals surface area (Å²) in [7, 11) is 0. The van der Waals surface area contributed by atoms with E-state index in [1.54, 1.807) is 12.1 Å². The number of nitrogens with one attached hydrogen (secondary N) is 2. The Balaban J connectivity index is 2.61. The highest BCUT2D eigenvalue weighted by Gasteiger charge is 2.13. The molecule has 4 N–H and O–H groups in total. The molecule has 0 atom stereocenters. The number of aryl methyl sites for hydroxylation is 2. The largest absolute Gasteiger partial charge is 0.392 e. The van der Waals surface area contributed by atoms with Gasteiger partial charge in [-0.1, -0.05) is 18.3 Å². The summed E-state index contributed by atoms with van der Waals surface area (Å²) in [6.45, 7) is 3.91. The number of carbonyl (C=O) groups is 2. The minimum absolute atomic E-state index is 0.00844. The van der Waals surface area contributed by atoms with E-state index in [0.717, 1.165) is 11.1 Å². The van der Waals surface area contributed by atoms with E-state index < -0.39 is 11.8 Å². The average Bonchev–Trinajstić information content (AvgIpc) is 2.30. The van der Waals surface area contributed by atoms with Crippen LogP contribution in [0.1, 0.15) is 11.1 Å². The van der Waals surface area contributed by atoms with Gasteiger partial charge in [-0.15, -0.1) is 0 Å². The second kappa shape index (κ2) is 6.11. The monoisotopic (exact) mass is 265 g/mol. The Morgan fingerprint density at radius 3 is 2.44 bits per heavy atom. The van der Waals surface area contributed by atoms with Crippen molar-refractivity contribution in [2.75, 3.05) is 11.9 Å². The summed E-state index contributed by atoms with van der Waals surface area (Å²) in [5, 5.41) is 4.81. The van der Waals surface area contributed by atoms with Gasteiger partial charge in [-0.25, -0.2) is 0 Å². The number of nitrogens with two attached hydrogens (primary N) is 1. The Morgan fingerprint density at radius 1 is 1.22 bits per heavy atom. The van der Waals surface area contributed by atoms with Gasteiger partial charge in [0.1, 0.15) is 0 Å². The highest BCUT2D eigenvalue weighted by atomic mass is 32.1. The van der Waals surface area contributed by atoms with Crippen molar-refractivity contribution in [3.05, 3.63) is 29.3 Å². The van der Waals surface area contributed by atoms with Crippen molar-refractivity contribution < 1.29 is 9.59 Å². The van der Waals surface area contributed by atoms with Crippen molar-refractivity contribution in [1.29, 1.82) is 0 Å². The first-order valence-electron chi connectivity index (χ1n) is 5.35. The summed E-state index contributed by atoms with van der Waals surface area (Å²) in [4.78, 5) is 23.0. The molecule has 0 aliphatic carbocycles. The summed E-state index contributed by atoms with van der Waals surface area (Å²) in [5.41, 5.74) is 7.95. The minimum Gasteiger partial charge on any atom is -0.392 e. The highest BCUT2D eigenvalue weighted by molar-refractivity contribution is 7.80. The van der Waals surface area contributed by atoms with Gasteiger partial charge in [-0.3, -0.25) is 9.59 Å². The molecule has 1 aromatic carbocycles. The SMILES string of the molecule is Cc1ccc(NC(=O)C(=O)NCC(N)=S)cc1C. The third-order valence-corrected chi connectivity index (χ3v) is 2.54. The molecule has 0 aliphatic heterocycles. The van der Waals surface area contributed by atoms with E-state index in [4.69, 9.17) is 5.73 Å². The van der Waals surface area contributed by atoms with E-state index in [2.05, 4.69) is 22.9 Å². The van der Waals surface area contributed by atoms with Crippen LogP contribution in [-0.2, 0) is 9.59 Å². The van der Waals surface area contributed by atoms with E-state index in [9.17, 15) is 9.59 Å². The van der Waals surface area contributed by atoms with Crippen molar-refractivity contribution in [2.45, 2.75) is 13.8 Å². The molecule has 0 aliphatic rings. The van der Waals surface area contributed by atoms with Crippen LogP contribution in [0.15, 0.2) is 18.2 Å². The number of benzene rings is 1. The lowest BCUT2D eigenvalue weighted by molar-refractivity contribution is -0.135. The molecule has 6 heteroatoms. The second-order valence-electron chi connectivity index (χ2n) is 3.90. The van der Waals surface area contributed by atoms with E-state index >= 15 is 0 Å². The number of rotatable bonds is 3. The number of carbonyl (C=O) groups excluding carboxylic acids is 2. The zero-order valence-electron chi connectivity index (χ0n) is 10.2. The van der Waals surface area contributed by atoms with Gasteiger partial charge in [0.15, 0.2) is 0 Å². The molecule has 1 aromatic rings. The van der Waals surface area contributed by atoms with Crippen LogP contribution >= 0.6 is 12.2 Å². The molecule has 0 saturated heterocycles. The Bertz CT molecular complexity index is 500. The second-order valence-corrected chi connectivity index (χ2v) is 4.43. The van der Waals surface area contributed by atoms with E-state index in [-0.39, 0.29) is 11.5 Å². The number of amides is 2. The molecule has 0 aromatic heterocycles. The fourth-order valence-electron chi connectivity index (χ4n) is 1.25. The third kappa shape index (κ3) is 4.14. The lowest BCUT2D eigenvalue weighted by atomic mass is 10.1. The van der Waals surface area contributed by atoms with Crippen LogP contribution in [0.3, 0.4) is 0 Å². The standard InChI is InChI=1S/C12H15N3O2S/c1-7-3-4-9(5-8(7)2)15-12(17)11(16)14-6-10(13)18/h3-5H,6H2,1-2H3,(H2,13,18)(H,14,16)(H,15,17). The maximum Gasteiger partial charge on any atom is 0.313 e. The zero-order valence-corrected chi connectivity index (χ0v) is 11.1. The van der Waals surface area contributed by atoms with Crippen molar-refractivity contribution in [1.82, 2.24) is 5.32 Å². The molecule has 0 heterocycles. The van der Waals surface area contributed by atoms with Gasteiger partial charge in [0.25, 0.3) is 0 Å². The van der Waals surface area contributed by atoms with Crippen LogP contribution in [0, 0.1) is 13.8 Å². The topological polar surface area (TPSA) is 84.2 Å². The number of anilines is 1. The molecule has 1 rings (SSSR count). The number of thiocarbonyl (C=S) groups is 1. The van der Waals surface area contributed by atoms with Crippen LogP contribution in [0.25, 0.3) is 0 Å². The highest BCUT2D eigenvalue weighted by Crippen LogP contribution is 2.13. The molecule has 2 amide bonds. The Kier molecular flexibility index (Phi) is 4.79. The third-order valence-electron chi connectivity index (χ3n) is 2.39.